The summed E-state index contributed by atoms with van der Waals surface area (Å²) < 4.78 is 11.3. The smallest absolute Gasteiger partial charge is 0.327 e. The fourth-order valence-electron chi connectivity index (χ4n) is 4.10. The number of rotatable bonds is 7. The Kier molecular flexibility index (Phi) is 7.04. The Morgan fingerprint density at radius 3 is 2.59 bits per heavy atom. The van der Waals surface area contributed by atoms with Gasteiger partial charge in [0.15, 0.2) is 0 Å². The van der Waals surface area contributed by atoms with Crippen LogP contribution in [0.15, 0.2) is 60.5 Å². The second-order valence-electron chi connectivity index (χ2n) is 9.34. The van der Waals surface area contributed by atoms with Gasteiger partial charge in [-0.2, -0.15) is 0 Å². The van der Waals surface area contributed by atoms with Gasteiger partial charge in [0.25, 0.3) is 0 Å². The predicted octanol–water partition coefficient (Wildman–Crippen LogP) is 3.97. The number of aromatic nitrogens is 3. The monoisotopic (exact) mass is 480 g/mol. The summed E-state index contributed by atoms with van der Waals surface area (Å²) in [5.74, 6) is -1.21. The molecule has 0 amide bonds. The van der Waals surface area contributed by atoms with Crippen molar-refractivity contribution in [2.75, 3.05) is 0 Å². The standard InChI is InChI=1S/C25H28N4O4S/c1-24(2,3)33-23(31)25(14-20(30)32-16-17-7-5-4-6-8-17)13-18(19-15-26-9-10-27-19)21(29-25)22-28-11-12-34-22/h4-12,15,18,21,29H,13-14,16H2,1-3H3/t18-,21-,25-/m1/s1. The highest BCUT2D eigenvalue weighted by Gasteiger charge is 2.55. The largest absolute Gasteiger partial charge is 0.461 e. The van der Waals surface area contributed by atoms with E-state index >= 15 is 0 Å². The number of carbonyl (C=O) groups excluding carboxylic acids is 2. The lowest BCUT2D eigenvalue weighted by molar-refractivity contribution is -0.167. The summed E-state index contributed by atoms with van der Waals surface area (Å²) in [5.41, 5.74) is -0.418. The Labute approximate surface area is 202 Å². The third-order valence-electron chi connectivity index (χ3n) is 5.56. The number of nitrogens with one attached hydrogen (secondary N) is 1. The highest BCUT2D eigenvalue weighted by molar-refractivity contribution is 7.09. The second-order valence-corrected chi connectivity index (χ2v) is 10.3. The molecule has 0 aliphatic carbocycles. The number of carbonyl (C=O) groups is 2. The van der Waals surface area contributed by atoms with E-state index in [0.717, 1.165) is 16.3 Å². The van der Waals surface area contributed by atoms with Gasteiger partial charge in [0, 0.05) is 36.1 Å². The average molecular weight is 481 g/mol. The van der Waals surface area contributed by atoms with Crippen molar-refractivity contribution in [3.05, 3.63) is 76.8 Å². The molecule has 0 saturated carbocycles. The molecule has 0 unspecified atom stereocenters. The van der Waals surface area contributed by atoms with Crippen LogP contribution in [0.5, 0.6) is 0 Å². The van der Waals surface area contributed by atoms with E-state index in [9.17, 15) is 9.59 Å². The second kappa shape index (κ2) is 9.99. The van der Waals surface area contributed by atoms with Crippen LogP contribution in [0.2, 0.25) is 0 Å². The summed E-state index contributed by atoms with van der Waals surface area (Å²) in [7, 11) is 0. The van der Waals surface area contributed by atoms with Gasteiger partial charge in [0.2, 0.25) is 0 Å². The van der Waals surface area contributed by atoms with Crippen molar-refractivity contribution in [2.24, 2.45) is 0 Å². The molecule has 3 heterocycles. The lowest BCUT2D eigenvalue weighted by atomic mass is 9.86. The van der Waals surface area contributed by atoms with Gasteiger partial charge in [-0.15, -0.1) is 11.3 Å². The van der Waals surface area contributed by atoms with Crippen molar-refractivity contribution in [3.8, 4) is 0 Å². The van der Waals surface area contributed by atoms with E-state index in [4.69, 9.17) is 9.47 Å². The highest BCUT2D eigenvalue weighted by atomic mass is 32.1. The van der Waals surface area contributed by atoms with Gasteiger partial charge in [0.05, 0.1) is 18.2 Å². The lowest BCUT2D eigenvalue weighted by Crippen LogP contribution is -2.52. The van der Waals surface area contributed by atoms with Gasteiger partial charge in [-0.1, -0.05) is 30.3 Å². The molecule has 1 fully saturated rings. The minimum absolute atomic E-state index is 0.133. The van der Waals surface area contributed by atoms with Gasteiger partial charge in [-0.25, -0.2) is 4.98 Å². The van der Waals surface area contributed by atoms with E-state index in [1.54, 1.807) is 45.6 Å². The van der Waals surface area contributed by atoms with E-state index in [1.807, 2.05) is 35.7 Å². The Morgan fingerprint density at radius 2 is 1.94 bits per heavy atom. The van der Waals surface area contributed by atoms with E-state index in [-0.39, 0.29) is 25.0 Å². The fraction of sp³-hybridized carbons (Fsp3) is 0.400. The SMILES string of the molecule is CC(C)(C)OC(=O)[C@]1(CC(=O)OCc2ccccc2)C[C@H](c2cnccn2)[C@H](c2nccs2)N1. The minimum atomic E-state index is -1.29. The number of benzene rings is 1. The number of hydrogen-bond donors (Lipinski definition) is 1. The average Bonchev–Trinajstić information content (AvgIpc) is 3.47. The Balaban J connectivity index is 1.63. The van der Waals surface area contributed by atoms with Crippen molar-refractivity contribution in [3.63, 3.8) is 0 Å². The van der Waals surface area contributed by atoms with Crippen LogP contribution in [0.4, 0.5) is 0 Å². The third kappa shape index (κ3) is 5.66. The van der Waals surface area contributed by atoms with Crippen molar-refractivity contribution >= 4 is 23.3 Å². The minimum Gasteiger partial charge on any atom is -0.461 e. The van der Waals surface area contributed by atoms with E-state index in [2.05, 4.69) is 20.3 Å². The summed E-state index contributed by atoms with van der Waals surface area (Å²) in [6.45, 7) is 5.55. The molecule has 178 valence electrons. The number of thiazole rings is 1. The van der Waals surface area contributed by atoms with Crippen LogP contribution in [-0.2, 0) is 25.7 Å². The number of ether oxygens (including phenoxy) is 2. The fourth-order valence-corrected chi connectivity index (χ4v) is 4.85. The van der Waals surface area contributed by atoms with E-state index in [1.165, 1.54) is 11.3 Å². The molecule has 3 aromatic rings. The van der Waals surface area contributed by atoms with Gasteiger partial charge in [0.1, 0.15) is 22.8 Å². The zero-order chi connectivity index (χ0) is 24.2. The van der Waals surface area contributed by atoms with Crippen LogP contribution in [0.1, 0.15) is 61.8 Å². The third-order valence-corrected chi connectivity index (χ3v) is 6.42. The molecule has 1 aliphatic heterocycles. The van der Waals surface area contributed by atoms with Gasteiger partial charge in [-0.05, 0) is 32.8 Å². The molecular weight excluding hydrogens is 452 g/mol. The van der Waals surface area contributed by atoms with Gasteiger partial charge >= 0.3 is 11.9 Å². The molecule has 0 radical (unpaired) electrons. The molecule has 1 N–H and O–H groups in total. The zero-order valence-corrected chi connectivity index (χ0v) is 20.2. The van der Waals surface area contributed by atoms with Crippen LogP contribution in [0, 0.1) is 0 Å². The molecule has 1 saturated heterocycles. The topological polar surface area (TPSA) is 103 Å². The van der Waals surface area contributed by atoms with E-state index < -0.39 is 23.1 Å². The summed E-state index contributed by atoms with van der Waals surface area (Å²) >= 11 is 1.48. The first-order valence-corrected chi connectivity index (χ1v) is 12.0. The van der Waals surface area contributed by atoms with Crippen molar-refractivity contribution in [1.82, 2.24) is 20.3 Å². The van der Waals surface area contributed by atoms with Crippen LogP contribution < -0.4 is 5.32 Å². The molecule has 1 aromatic carbocycles. The molecular formula is C25H28N4O4S. The predicted molar refractivity (Wildman–Crippen MR) is 127 cm³/mol. The molecule has 1 aliphatic rings. The maximum atomic E-state index is 13.5. The normalized spacial score (nSPS) is 22.3. The Hall–Kier alpha value is -3.17. The van der Waals surface area contributed by atoms with Crippen LogP contribution >= 0.6 is 11.3 Å². The lowest BCUT2D eigenvalue weighted by Gasteiger charge is -2.31. The maximum Gasteiger partial charge on any atom is 0.327 e. The van der Waals surface area contributed by atoms with Crippen molar-refractivity contribution in [1.29, 1.82) is 0 Å². The quantitative estimate of drug-likeness (QED) is 0.507. The first-order chi connectivity index (χ1) is 16.3. The van der Waals surface area contributed by atoms with Gasteiger partial charge < -0.3 is 9.47 Å². The molecule has 34 heavy (non-hydrogen) atoms. The van der Waals surface area contributed by atoms with Crippen molar-refractivity contribution in [2.45, 2.75) is 63.3 Å². The van der Waals surface area contributed by atoms with Crippen LogP contribution in [0.25, 0.3) is 0 Å². The van der Waals surface area contributed by atoms with Crippen LogP contribution in [0.3, 0.4) is 0 Å². The highest BCUT2D eigenvalue weighted by Crippen LogP contribution is 2.46. The Morgan fingerprint density at radius 1 is 1.15 bits per heavy atom. The number of hydrogen-bond acceptors (Lipinski definition) is 9. The molecule has 0 bridgehead atoms. The first kappa shape index (κ1) is 24.0. The molecule has 2 aromatic heterocycles. The summed E-state index contributed by atoms with van der Waals surface area (Å²) in [4.78, 5) is 39.7. The Bertz CT molecular complexity index is 1100. The number of nitrogens with zero attached hydrogens (tertiary/aromatic N) is 3. The summed E-state index contributed by atoms with van der Waals surface area (Å²) in [6, 6.07) is 9.10. The molecule has 9 heteroatoms. The molecule has 3 atom stereocenters. The molecule has 4 rings (SSSR count). The summed E-state index contributed by atoms with van der Waals surface area (Å²) in [5, 5.41) is 6.10. The molecule has 8 nitrogen and oxygen atoms in total. The summed E-state index contributed by atoms with van der Waals surface area (Å²) in [6.07, 6.45) is 6.75. The zero-order valence-electron chi connectivity index (χ0n) is 19.4. The first-order valence-electron chi connectivity index (χ1n) is 11.1. The van der Waals surface area contributed by atoms with E-state index in [0.29, 0.717) is 6.42 Å². The van der Waals surface area contributed by atoms with Crippen molar-refractivity contribution < 1.29 is 19.1 Å². The van der Waals surface area contributed by atoms with Gasteiger partial charge in [-0.3, -0.25) is 24.9 Å². The number of esters is 2. The maximum absolute atomic E-state index is 13.5. The molecule has 0 spiro atoms. The van der Waals surface area contributed by atoms with Crippen LogP contribution in [-0.4, -0.2) is 38.0 Å².